The molecule has 3 nitrogen and oxygen atoms in total. The van der Waals surface area contributed by atoms with Crippen LogP contribution in [0.25, 0.3) is 0 Å². The Morgan fingerprint density at radius 3 is 2.32 bits per heavy atom. The van der Waals surface area contributed by atoms with E-state index in [0.717, 1.165) is 0 Å². The van der Waals surface area contributed by atoms with E-state index >= 15 is 0 Å². The maximum Gasteiger partial charge on any atom is 0.297 e. The molecule has 0 fully saturated rings. The number of nitrogens with one attached hydrogen (secondary N) is 1. The summed E-state index contributed by atoms with van der Waals surface area (Å²) in [5.41, 5.74) is 1.84. The second-order valence-electron chi connectivity index (χ2n) is 4.54. The second-order valence-corrected chi connectivity index (χ2v) is 5.48. The lowest BCUT2D eigenvalue weighted by Crippen LogP contribution is -2.21. The maximum atomic E-state index is 11.8. The van der Waals surface area contributed by atoms with Gasteiger partial charge >= 0.3 is 0 Å². The Balaban J connectivity index is 2.05. The molecule has 98 valence electrons. The lowest BCUT2D eigenvalue weighted by molar-refractivity contribution is -0.112. The SMILES string of the molecule is CC(C)c1ccc(NC(=O)C(=O)c2cccs2)cc1. The van der Waals surface area contributed by atoms with Gasteiger partial charge in [0, 0.05) is 5.69 Å². The quantitative estimate of drug-likeness (QED) is 0.682. The fourth-order valence-corrected chi connectivity index (χ4v) is 2.32. The van der Waals surface area contributed by atoms with Gasteiger partial charge in [0.15, 0.2) is 0 Å². The topological polar surface area (TPSA) is 46.2 Å². The van der Waals surface area contributed by atoms with Crippen molar-refractivity contribution in [2.75, 3.05) is 5.32 Å². The van der Waals surface area contributed by atoms with Crippen molar-refractivity contribution in [1.29, 1.82) is 0 Å². The molecule has 1 amide bonds. The number of Topliss-reactive ketones (excluding diaryl/α,β-unsaturated/α-hetero) is 1. The van der Waals surface area contributed by atoms with Crippen LogP contribution in [0.1, 0.15) is 35.0 Å². The largest absolute Gasteiger partial charge is 0.319 e. The van der Waals surface area contributed by atoms with Crippen LogP contribution in [-0.4, -0.2) is 11.7 Å². The molecule has 2 aromatic rings. The Bertz CT molecular complexity index is 571. The van der Waals surface area contributed by atoms with Gasteiger partial charge in [-0.3, -0.25) is 9.59 Å². The normalized spacial score (nSPS) is 10.5. The fourth-order valence-electron chi connectivity index (χ4n) is 1.66. The monoisotopic (exact) mass is 273 g/mol. The van der Waals surface area contributed by atoms with E-state index in [1.165, 1.54) is 16.9 Å². The maximum absolute atomic E-state index is 11.8. The van der Waals surface area contributed by atoms with Crippen LogP contribution in [0.3, 0.4) is 0 Å². The molecule has 0 unspecified atom stereocenters. The molecule has 0 aliphatic heterocycles. The number of benzene rings is 1. The first-order chi connectivity index (χ1) is 9.08. The highest BCUT2D eigenvalue weighted by molar-refractivity contribution is 7.13. The van der Waals surface area contributed by atoms with Gasteiger partial charge in [-0.05, 0) is 35.1 Å². The second kappa shape index (κ2) is 5.80. The molecule has 1 N–H and O–H groups in total. The predicted molar refractivity (Wildman–Crippen MR) is 77.8 cm³/mol. The Morgan fingerprint density at radius 1 is 1.11 bits per heavy atom. The van der Waals surface area contributed by atoms with Crippen LogP contribution >= 0.6 is 11.3 Å². The lowest BCUT2D eigenvalue weighted by atomic mass is 10.0. The van der Waals surface area contributed by atoms with Crippen molar-refractivity contribution in [3.05, 3.63) is 52.2 Å². The number of carbonyl (C=O) groups excluding carboxylic acids is 2. The molecule has 0 aliphatic carbocycles. The zero-order valence-electron chi connectivity index (χ0n) is 10.8. The molecular formula is C15H15NO2S. The summed E-state index contributed by atoms with van der Waals surface area (Å²) in [5, 5.41) is 4.39. The average Bonchev–Trinajstić information content (AvgIpc) is 2.92. The molecule has 0 bridgehead atoms. The molecule has 0 radical (unpaired) electrons. The van der Waals surface area contributed by atoms with E-state index in [-0.39, 0.29) is 0 Å². The molecule has 2 rings (SSSR count). The highest BCUT2D eigenvalue weighted by atomic mass is 32.1. The molecule has 1 heterocycles. The van der Waals surface area contributed by atoms with Crippen LogP contribution < -0.4 is 5.32 Å². The minimum atomic E-state index is -0.597. The molecule has 0 aliphatic rings. The standard InChI is InChI=1S/C15H15NO2S/c1-10(2)11-5-7-12(8-6-11)16-15(18)14(17)13-4-3-9-19-13/h3-10H,1-2H3,(H,16,18). The summed E-state index contributed by atoms with van der Waals surface area (Å²) in [6, 6.07) is 10.9. The van der Waals surface area contributed by atoms with Crippen molar-refractivity contribution >= 4 is 28.7 Å². The predicted octanol–water partition coefficient (Wildman–Crippen LogP) is 3.69. The van der Waals surface area contributed by atoms with Crippen molar-refractivity contribution < 1.29 is 9.59 Å². The Kier molecular flexibility index (Phi) is 4.12. The fraction of sp³-hybridized carbons (Fsp3) is 0.200. The molecule has 4 heteroatoms. The third-order valence-electron chi connectivity index (χ3n) is 2.79. The van der Waals surface area contributed by atoms with Gasteiger partial charge in [0.2, 0.25) is 0 Å². The lowest BCUT2D eigenvalue weighted by Gasteiger charge is -2.07. The van der Waals surface area contributed by atoms with Crippen LogP contribution in [-0.2, 0) is 4.79 Å². The summed E-state index contributed by atoms with van der Waals surface area (Å²) in [7, 11) is 0. The molecular weight excluding hydrogens is 258 g/mol. The van der Waals surface area contributed by atoms with Gasteiger partial charge in [-0.25, -0.2) is 0 Å². The smallest absolute Gasteiger partial charge is 0.297 e. The highest BCUT2D eigenvalue weighted by Crippen LogP contribution is 2.17. The van der Waals surface area contributed by atoms with Gasteiger partial charge in [-0.2, -0.15) is 0 Å². The van der Waals surface area contributed by atoms with Crippen molar-refractivity contribution in [3.63, 3.8) is 0 Å². The summed E-state index contributed by atoms with van der Waals surface area (Å²) in [6.45, 7) is 4.21. The van der Waals surface area contributed by atoms with E-state index in [9.17, 15) is 9.59 Å². The van der Waals surface area contributed by atoms with E-state index in [1.54, 1.807) is 17.5 Å². The number of carbonyl (C=O) groups is 2. The molecule has 0 spiro atoms. The molecule has 19 heavy (non-hydrogen) atoms. The molecule has 0 saturated carbocycles. The van der Waals surface area contributed by atoms with Gasteiger partial charge < -0.3 is 5.32 Å². The van der Waals surface area contributed by atoms with Crippen molar-refractivity contribution in [1.82, 2.24) is 0 Å². The van der Waals surface area contributed by atoms with E-state index < -0.39 is 11.7 Å². The highest BCUT2D eigenvalue weighted by Gasteiger charge is 2.17. The van der Waals surface area contributed by atoms with Gasteiger partial charge in [-0.15, -0.1) is 11.3 Å². The summed E-state index contributed by atoms with van der Waals surface area (Å²) < 4.78 is 0. The minimum absolute atomic E-state index is 0.442. The molecule has 0 atom stereocenters. The molecule has 1 aromatic heterocycles. The van der Waals surface area contributed by atoms with Crippen LogP contribution in [0.5, 0.6) is 0 Å². The number of anilines is 1. The average molecular weight is 273 g/mol. The van der Waals surface area contributed by atoms with Crippen molar-refractivity contribution in [2.45, 2.75) is 19.8 Å². The Morgan fingerprint density at radius 2 is 1.79 bits per heavy atom. The number of amides is 1. The number of ketones is 1. The van der Waals surface area contributed by atoms with Crippen LogP contribution in [0.4, 0.5) is 5.69 Å². The van der Waals surface area contributed by atoms with E-state index in [1.807, 2.05) is 24.3 Å². The molecule has 0 saturated heterocycles. The molecule has 1 aromatic carbocycles. The van der Waals surface area contributed by atoms with Gasteiger partial charge in [0.25, 0.3) is 11.7 Å². The summed E-state index contributed by atoms with van der Waals surface area (Å²) in [6.07, 6.45) is 0. The first-order valence-electron chi connectivity index (χ1n) is 6.07. The van der Waals surface area contributed by atoms with Crippen LogP contribution in [0.15, 0.2) is 41.8 Å². The third kappa shape index (κ3) is 3.29. The Labute approximate surface area is 116 Å². The van der Waals surface area contributed by atoms with E-state index in [4.69, 9.17) is 0 Å². The first-order valence-corrected chi connectivity index (χ1v) is 6.95. The Hall–Kier alpha value is -1.94. The van der Waals surface area contributed by atoms with Crippen molar-refractivity contribution in [2.24, 2.45) is 0 Å². The van der Waals surface area contributed by atoms with Crippen molar-refractivity contribution in [3.8, 4) is 0 Å². The summed E-state index contributed by atoms with van der Waals surface area (Å²) in [4.78, 5) is 24.0. The van der Waals surface area contributed by atoms with Crippen LogP contribution in [0, 0.1) is 0 Å². The zero-order valence-corrected chi connectivity index (χ0v) is 11.7. The third-order valence-corrected chi connectivity index (χ3v) is 3.66. The number of rotatable bonds is 4. The number of hydrogen-bond donors (Lipinski definition) is 1. The minimum Gasteiger partial charge on any atom is -0.319 e. The van der Waals surface area contributed by atoms with Gasteiger partial charge in [0.05, 0.1) is 4.88 Å². The van der Waals surface area contributed by atoms with Gasteiger partial charge in [-0.1, -0.05) is 32.0 Å². The van der Waals surface area contributed by atoms with Gasteiger partial charge in [0.1, 0.15) is 0 Å². The summed E-state index contributed by atoms with van der Waals surface area (Å²) >= 11 is 1.27. The van der Waals surface area contributed by atoms with Crippen LogP contribution in [0.2, 0.25) is 0 Å². The summed E-state index contributed by atoms with van der Waals surface area (Å²) in [5.74, 6) is -0.653. The number of hydrogen-bond acceptors (Lipinski definition) is 3. The van der Waals surface area contributed by atoms with E-state index in [2.05, 4.69) is 19.2 Å². The van der Waals surface area contributed by atoms with E-state index in [0.29, 0.717) is 16.5 Å². The first kappa shape index (κ1) is 13.5. The zero-order chi connectivity index (χ0) is 13.8. The number of thiophene rings is 1.